The van der Waals surface area contributed by atoms with Crippen molar-refractivity contribution < 1.29 is 19.4 Å². The molecule has 17 heavy (non-hydrogen) atoms. The molecule has 0 radical (unpaired) electrons. The van der Waals surface area contributed by atoms with Crippen LogP contribution in [0.4, 0.5) is 4.79 Å². The molecule has 0 spiro atoms. The third kappa shape index (κ3) is 3.23. The van der Waals surface area contributed by atoms with Crippen LogP contribution in [-0.2, 0) is 9.53 Å². The molecule has 1 aliphatic heterocycles. The van der Waals surface area contributed by atoms with Crippen molar-refractivity contribution in [2.75, 3.05) is 6.54 Å². The van der Waals surface area contributed by atoms with E-state index >= 15 is 0 Å². The standard InChI is InChI=1S/C11H18INO4/c1-10(2,3)17-9(16)13-6-7(12)5-11(13,4)8(14)15/h7H,5-6H2,1-4H3,(H,14,15)/t7-,11+/m0/s1. The van der Waals surface area contributed by atoms with Crippen molar-refractivity contribution in [2.24, 2.45) is 0 Å². The van der Waals surface area contributed by atoms with Gasteiger partial charge in [0.05, 0.1) is 0 Å². The molecular weight excluding hydrogens is 337 g/mol. The van der Waals surface area contributed by atoms with Crippen molar-refractivity contribution in [1.29, 1.82) is 0 Å². The minimum Gasteiger partial charge on any atom is -0.480 e. The highest BCUT2D eigenvalue weighted by Crippen LogP contribution is 2.34. The molecule has 2 atom stereocenters. The molecule has 1 heterocycles. The molecule has 1 fully saturated rings. The quantitative estimate of drug-likeness (QED) is 0.579. The summed E-state index contributed by atoms with van der Waals surface area (Å²) in [5.74, 6) is -0.984. The van der Waals surface area contributed by atoms with Gasteiger partial charge in [-0.2, -0.15) is 0 Å². The molecule has 0 aromatic carbocycles. The van der Waals surface area contributed by atoms with Crippen LogP contribution in [0.25, 0.3) is 0 Å². The number of ether oxygens (including phenoxy) is 1. The highest BCUT2D eigenvalue weighted by molar-refractivity contribution is 14.1. The molecule has 1 rings (SSSR count). The van der Waals surface area contributed by atoms with E-state index in [9.17, 15) is 14.7 Å². The Morgan fingerprint density at radius 2 is 2.00 bits per heavy atom. The van der Waals surface area contributed by atoms with Crippen molar-refractivity contribution in [2.45, 2.75) is 49.2 Å². The van der Waals surface area contributed by atoms with Gasteiger partial charge in [0.2, 0.25) is 0 Å². The molecule has 6 heteroatoms. The number of carbonyl (C=O) groups is 2. The summed E-state index contributed by atoms with van der Waals surface area (Å²) in [5, 5.41) is 9.26. The molecule has 0 saturated carbocycles. The zero-order valence-corrected chi connectivity index (χ0v) is 12.6. The number of likely N-dealkylation sites (tertiary alicyclic amines) is 1. The van der Waals surface area contributed by atoms with Crippen molar-refractivity contribution >= 4 is 34.7 Å². The zero-order chi connectivity index (χ0) is 13.4. The van der Waals surface area contributed by atoms with Gasteiger partial charge in [-0.15, -0.1) is 0 Å². The van der Waals surface area contributed by atoms with Crippen molar-refractivity contribution in [3.8, 4) is 0 Å². The molecule has 0 aromatic rings. The summed E-state index contributed by atoms with van der Waals surface area (Å²) in [4.78, 5) is 24.6. The van der Waals surface area contributed by atoms with E-state index in [-0.39, 0.29) is 3.92 Å². The maximum atomic E-state index is 12.0. The fraction of sp³-hybridized carbons (Fsp3) is 0.818. The van der Waals surface area contributed by atoms with Crippen LogP contribution in [0.2, 0.25) is 0 Å². The van der Waals surface area contributed by atoms with Crippen LogP contribution in [0.3, 0.4) is 0 Å². The zero-order valence-electron chi connectivity index (χ0n) is 10.5. The van der Waals surface area contributed by atoms with E-state index in [2.05, 4.69) is 22.6 Å². The van der Waals surface area contributed by atoms with Crippen LogP contribution < -0.4 is 0 Å². The fourth-order valence-corrected chi connectivity index (χ4v) is 3.05. The first-order valence-electron chi connectivity index (χ1n) is 5.44. The Balaban J connectivity index is 2.88. The van der Waals surface area contributed by atoms with Crippen LogP contribution in [-0.4, -0.2) is 43.7 Å². The van der Waals surface area contributed by atoms with Gasteiger partial charge in [0, 0.05) is 10.5 Å². The number of halogens is 1. The van der Waals surface area contributed by atoms with Crippen LogP contribution in [0, 0.1) is 0 Å². The molecule has 1 N–H and O–H groups in total. The molecule has 0 aliphatic carbocycles. The Hall–Kier alpha value is -0.530. The number of hydrogen-bond acceptors (Lipinski definition) is 3. The Morgan fingerprint density at radius 1 is 1.47 bits per heavy atom. The number of carboxylic acids is 1. The average Bonchev–Trinajstić information content (AvgIpc) is 2.40. The number of nitrogens with zero attached hydrogens (tertiary/aromatic N) is 1. The smallest absolute Gasteiger partial charge is 0.411 e. The van der Waals surface area contributed by atoms with Gasteiger partial charge in [-0.25, -0.2) is 9.59 Å². The normalized spacial score (nSPS) is 29.2. The highest BCUT2D eigenvalue weighted by atomic mass is 127. The molecule has 0 unspecified atom stereocenters. The number of rotatable bonds is 1. The third-order valence-electron chi connectivity index (χ3n) is 2.67. The number of amides is 1. The lowest BCUT2D eigenvalue weighted by molar-refractivity contribution is -0.148. The molecule has 0 bridgehead atoms. The van der Waals surface area contributed by atoms with Crippen molar-refractivity contribution in [3.05, 3.63) is 0 Å². The van der Waals surface area contributed by atoms with E-state index in [4.69, 9.17) is 4.74 Å². The van der Waals surface area contributed by atoms with Crippen LogP contribution in [0.1, 0.15) is 34.1 Å². The molecular formula is C11H18INO4. The predicted octanol–water partition coefficient (Wildman–Crippen LogP) is 2.27. The Kier molecular flexibility index (Phi) is 3.95. The van der Waals surface area contributed by atoms with E-state index in [0.717, 1.165) is 0 Å². The van der Waals surface area contributed by atoms with Crippen LogP contribution >= 0.6 is 22.6 Å². The predicted molar refractivity (Wildman–Crippen MR) is 71.4 cm³/mol. The highest BCUT2D eigenvalue weighted by Gasteiger charge is 2.50. The monoisotopic (exact) mass is 355 g/mol. The molecule has 98 valence electrons. The number of carboxylic acid groups (broad SMARTS) is 1. The van der Waals surface area contributed by atoms with Crippen LogP contribution in [0.5, 0.6) is 0 Å². The first-order valence-corrected chi connectivity index (χ1v) is 6.69. The Bertz CT molecular complexity index is 339. The molecule has 1 aliphatic rings. The summed E-state index contributed by atoms with van der Waals surface area (Å²) in [6.45, 7) is 7.28. The first kappa shape index (κ1) is 14.5. The summed E-state index contributed by atoms with van der Waals surface area (Å²) in [6, 6.07) is 0. The molecule has 5 nitrogen and oxygen atoms in total. The first-order chi connectivity index (χ1) is 7.56. The SMILES string of the molecule is CC(C)(C)OC(=O)N1C[C@@H](I)C[C@]1(C)C(=O)O. The van der Waals surface area contributed by atoms with E-state index in [1.165, 1.54) is 4.90 Å². The van der Waals surface area contributed by atoms with Crippen LogP contribution in [0.15, 0.2) is 0 Å². The maximum absolute atomic E-state index is 12.0. The van der Waals surface area contributed by atoms with Gasteiger partial charge in [-0.05, 0) is 34.1 Å². The third-order valence-corrected chi connectivity index (χ3v) is 3.50. The number of alkyl halides is 1. The van der Waals surface area contributed by atoms with Gasteiger partial charge < -0.3 is 9.84 Å². The number of aliphatic carboxylic acids is 1. The number of hydrogen-bond donors (Lipinski definition) is 1. The van der Waals surface area contributed by atoms with Gasteiger partial charge in [0.25, 0.3) is 0 Å². The summed E-state index contributed by atoms with van der Waals surface area (Å²) >= 11 is 2.16. The maximum Gasteiger partial charge on any atom is 0.411 e. The lowest BCUT2D eigenvalue weighted by Crippen LogP contribution is -2.52. The Labute approximate surface area is 115 Å². The van der Waals surface area contributed by atoms with Gasteiger partial charge in [-0.3, -0.25) is 4.90 Å². The summed E-state index contributed by atoms with van der Waals surface area (Å²) in [7, 11) is 0. The lowest BCUT2D eigenvalue weighted by Gasteiger charge is -2.32. The number of carbonyl (C=O) groups excluding carboxylic acids is 1. The average molecular weight is 355 g/mol. The summed E-state index contributed by atoms with van der Waals surface area (Å²) in [6.07, 6.45) is -0.108. The molecule has 0 aromatic heterocycles. The van der Waals surface area contributed by atoms with E-state index in [1.807, 2.05) is 0 Å². The fourth-order valence-electron chi connectivity index (χ4n) is 1.80. The topological polar surface area (TPSA) is 66.8 Å². The van der Waals surface area contributed by atoms with Gasteiger partial charge in [0.1, 0.15) is 11.1 Å². The second-order valence-corrected chi connectivity index (χ2v) is 7.23. The van der Waals surface area contributed by atoms with Gasteiger partial charge >= 0.3 is 12.1 Å². The minimum atomic E-state index is -1.16. The molecule has 1 saturated heterocycles. The van der Waals surface area contributed by atoms with Gasteiger partial charge in [0.15, 0.2) is 0 Å². The lowest BCUT2D eigenvalue weighted by atomic mass is 10.00. The summed E-state index contributed by atoms with van der Waals surface area (Å²) in [5.41, 5.74) is -1.77. The second kappa shape index (κ2) is 4.62. The largest absolute Gasteiger partial charge is 0.480 e. The minimum absolute atomic E-state index is 0.140. The van der Waals surface area contributed by atoms with Gasteiger partial charge in [-0.1, -0.05) is 22.6 Å². The van der Waals surface area contributed by atoms with E-state index in [0.29, 0.717) is 13.0 Å². The molecule has 1 amide bonds. The second-order valence-electron chi connectivity index (χ2n) is 5.47. The summed E-state index contributed by atoms with van der Waals surface area (Å²) < 4.78 is 5.38. The van der Waals surface area contributed by atoms with E-state index in [1.54, 1.807) is 27.7 Å². The van der Waals surface area contributed by atoms with E-state index < -0.39 is 23.2 Å². The Morgan fingerprint density at radius 3 is 2.41 bits per heavy atom. The van der Waals surface area contributed by atoms with Crippen molar-refractivity contribution in [3.63, 3.8) is 0 Å². The van der Waals surface area contributed by atoms with Crippen molar-refractivity contribution in [1.82, 2.24) is 4.90 Å².